The van der Waals surface area contributed by atoms with Gasteiger partial charge < -0.3 is 0 Å². The van der Waals surface area contributed by atoms with Crippen molar-refractivity contribution < 1.29 is 8.42 Å². The smallest absolute Gasteiger partial charge is 0.245 e. The third kappa shape index (κ3) is 3.14. The lowest BCUT2D eigenvalue weighted by Crippen LogP contribution is -2.26. The Morgan fingerprint density at radius 1 is 1.53 bits per heavy atom. The van der Waals surface area contributed by atoms with Gasteiger partial charge in [0.05, 0.1) is 16.9 Å². The van der Waals surface area contributed by atoms with Crippen LogP contribution in [0.5, 0.6) is 0 Å². The van der Waals surface area contributed by atoms with Gasteiger partial charge in [-0.2, -0.15) is 5.10 Å². The first-order valence-corrected chi connectivity index (χ1v) is 8.28. The van der Waals surface area contributed by atoms with Crippen molar-refractivity contribution in [3.8, 4) is 0 Å². The van der Waals surface area contributed by atoms with Crippen LogP contribution in [-0.4, -0.2) is 29.7 Å². The molecule has 0 bridgehead atoms. The molecule has 0 aliphatic heterocycles. The first kappa shape index (κ1) is 14.4. The number of nitrogens with one attached hydrogen (secondary N) is 1. The molecule has 0 fully saturated rings. The Labute approximate surface area is 120 Å². The first-order valence-electron chi connectivity index (χ1n) is 5.47. The van der Waals surface area contributed by atoms with E-state index in [-0.39, 0.29) is 16.6 Å². The fourth-order valence-corrected chi connectivity index (χ4v) is 4.03. The maximum Gasteiger partial charge on any atom is 0.245 e. The molecule has 0 atom stereocenters. The van der Waals surface area contributed by atoms with Crippen LogP contribution < -0.4 is 4.72 Å². The Balaban J connectivity index is 2.10. The van der Waals surface area contributed by atoms with Gasteiger partial charge in [-0.15, -0.1) is 11.3 Å². The molecule has 0 aliphatic rings. The highest BCUT2D eigenvalue weighted by atomic mass is 35.5. The van der Waals surface area contributed by atoms with Crippen LogP contribution in [0.4, 0.5) is 0 Å². The van der Waals surface area contributed by atoms with Crippen LogP contribution in [0, 0.1) is 6.92 Å². The number of aryl methyl sites for hydroxylation is 2. The van der Waals surface area contributed by atoms with Gasteiger partial charge in [0.2, 0.25) is 10.0 Å². The number of thiazole rings is 1. The highest BCUT2D eigenvalue weighted by molar-refractivity contribution is 7.89. The van der Waals surface area contributed by atoms with Gasteiger partial charge in [0.15, 0.2) is 0 Å². The second-order valence-electron chi connectivity index (χ2n) is 3.96. The summed E-state index contributed by atoms with van der Waals surface area (Å²) in [4.78, 5) is 4.13. The van der Waals surface area contributed by atoms with Gasteiger partial charge in [-0.1, -0.05) is 11.6 Å². The van der Waals surface area contributed by atoms with Crippen molar-refractivity contribution in [1.82, 2.24) is 19.5 Å². The topological polar surface area (TPSA) is 76.9 Å². The Kier molecular flexibility index (Phi) is 4.24. The number of rotatable bonds is 5. The number of hydrogen-bond donors (Lipinski definition) is 1. The number of hydrogen-bond acceptors (Lipinski definition) is 5. The molecule has 6 nitrogen and oxygen atoms in total. The number of nitrogens with zero attached hydrogens (tertiary/aromatic N) is 3. The van der Waals surface area contributed by atoms with Crippen molar-refractivity contribution in [2.75, 3.05) is 6.54 Å². The minimum absolute atomic E-state index is 0.0370. The molecule has 19 heavy (non-hydrogen) atoms. The van der Waals surface area contributed by atoms with E-state index in [1.807, 2.05) is 5.38 Å². The summed E-state index contributed by atoms with van der Waals surface area (Å²) in [5, 5.41) is 5.99. The van der Waals surface area contributed by atoms with Crippen molar-refractivity contribution >= 4 is 33.0 Å². The number of sulfonamides is 1. The summed E-state index contributed by atoms with van der Waals surface area (Å²) in [5.41, 5.74) is 2.96. The summed E-state index contributed by atoms with van der Waals surface area (Å²) in [5.74, 6) is 0. The Hall–Kier alpha value is -0.960. The maximum atomic E-state index is 12.1. The molecule has 0 amide bonds. The summed E-state index contributed by atoms with van der Waals surface area (Å²) in [6.07, 6.45) is 0.541. The van der Waals surface area contributed by atoms with Crippen LogP contribution in [0.1, 0.15) is 11.4 Å². The lowest BCUT2D eigenvalue weighted by atomic mass is 10.3. The van der Waals surface area contributed by atoms with Gasteiger partial charge in [-0.05, 0) is 6.92 Å². The van der Waals surface area contributed by atoms with Crippen LogP contribution >= 0.6 is 22.9 Å². The predicted molar refractivity (Wildman–Crippen MR) is 74.0 cm³/mol. The summed E-state index contributed by atoms with van der Waals surface area (Å²) in [7, 11) is -2.04. The van der Waals surface area contributed by atoms with Gasteiger partial charge >= 0.3 is 0 Å². The minimum atomic E-state index is -3.64. The summed E-state index contributed by atoms with van der Waals surface area (Å²) in [6.45, 7) is 1.89. The van der Waals surface area contributed by atoms with E-state index in [4.69, 9.17) is 11.6 Å². The van der Waals surface area contributed by atoms with E-state index in [0.717, 1.165) is 5.69 Å². The molecule has 2 aromatic heterocycles. The number of halogens is 1. The fraction of sp³-hybridized carbons (Fsp3) is 0.400. The molecule has 2 heterocycles. The Morgan fingerprint density at radius 3 is 2.79 bits per heavy atom. The summed E-state index contributed by atoms with van der Waals surface area (Å²) >= 11 is 7.43. The van der Waals surface area contributed by atoms with Crippen LogP contribution in [0.15, 0.2) is 15.8 Å². The van der Waals surface area contributed by atoms with Crippen molar-refractivity contribution in [3.63, 3.8) is 0 Å². The molecule has 0 spiro atoms. The van der Waals surface area contributed by atoms with Crippen molar-refractivity contribution in [1.29, 1.82) is 0 Å². The first-order chi connectivity index (χ1) is 8.92. The van der Waals surface area contributed by atoms with E-state index < -0.39 is 10.0 Å². The molecular formula is C10H13ClN4O2S2. The number of aromatic nitrogens is 3. The third-order valence-electron chi connectivity index (χ3n) is 2.53. The summed E-state index contributed by atoms with van der Waals surface area (Å²) < 4.78 is 28.1. The van der Waals surface area contributed by atoms with Gasteiger partial charge in [0.1, 0.15) is 10.0 Å². The monoisotopic (exact) mass is 320 g/mol. The third-order valence-corrected chi connectivity index (χ3v) is 5.32. The molecule has 0 unspecified atom stereocenters. The quantitative estimate of drug-likeness (QED) is 0.902. The van der Waals surface area contributed by atoms with Gasteiger partial charge in [0, 0.05) is 25.4 Å². The van der Waals surface area contributed by atoms with Crippen LogP contribution in [0.3, 0.4) is 0 Å². The van der Waals surface area contributed by atoms with E-state index in [0.29, 0.717) is 12.1 Å². The molecule has 9 heteroatoms. The van der Waals surface area contributed by atoms with Crippen molar-refractivity contribution in [2.24, 2.45) is 7.05 Å². The fourth-order valence-electron chi connectivity index (χ4n) is 1.66. The van der Waals surface area contributed by atoms with Crippen LogP contribution in [0.2, 0.25) is 5.15 Å². The lowest BCUT2D eigenvalue weighted by Gasteiger charge is -2.05. The van der Waals surface area contributed by atoms with Crippen molar-refractivity contribution in [2.45, 2.75) is 18.2 Å². The summed E-state index contributed by atoms with van der Waals surface area (Å²) in [6, 6.07) is 0. The minimum Gasteiger partial charge on any atom is -0.255 e. The van der Waals surface area contributed by atoms with E-state index in [1.54, 1.807) is 19.5 Å². The largest absolute Gasteiger partial charge is 0.255 e. The molecule has 104 valence electrons. The van der Waals surface area contributed by atoms with Crippen LogP contribution in [-0.2, 0) is 23.5 Å². The molecule has 2 aromatic rings. The zero-order valence-electron chi connectivity index (χ0n) is 10.4. The van der Waals surface area contributed by atoms with E-state index in [9.17, 15) is 8.42 Å². The van der Waals surface area contributed by atoms with E-state index in [2.05, 4.69) is 14.8 Å². The molecule has 2 rings (SSSR count). The van der Waals surface area contributed by atoms with Crippen LogP contribution in [0.25, 0.3) is 0 Å². The molecular weight excluding hydrogens is 308 g/mol. The predicted octanol–water partition coefficient (Wildman–Crippen LogP) is 1.36. The molecule has 0 aliphatic carbocycles. The van der Waals surface area contributed by atoms with E-state index >= 15 is 0 Å². The average Bonchev–Trinajstić information content (AvgIpc) is 2.88. The molecule has 0 aromatic carbocycles. The lowest BCUT2D eigenvalue weighted by molar-refractivity contribution is 0.580. The molecule has 0 saturated heterocycles. The second kappa shape index (κ2) is 5.58. The van der Waals surface area contributed by atoms with Crippen molar-refractivity contribution in [3.05, 3.63) is 27.4 Å². The zero-order valence-corrected chi connectivity index (χ0v) is 12.8. The Morgan fingerprint density at radius 2 is 2.26 bits per heavy atom. The highest BCUT2D eigenvalue weighted by Crippen LogP contribution is 2.23. The zero-order chi connectivity index (χ0) is 14.0. The molecule has 0 saturated carbocycles. The average molecular weight is 321 g/mol. The maximum absolute atomic E-state index is 12.1. The second-order valence-corrected chi connectivity index (χ2v) is 6.74. The molecule has 0 radical (unpaired) electrons. The van der Waals surface area contributed by atoms with Gasteiger partial charge in [0.25, 0.3) is 0 Å². The van der Waals surface area contributed by atoms with Gasteiger partial charge in [-0.3, -0.25) is 4.68 Å². The normalized spacial score (nSPS) is 11.9. The Bertz CT molecular complexity index is 664. The standard InChI is InChI=1S/C10H13ClN4O2S2/c1-7-9(10(11)15(2)14-7)19(16,17)13-4-3-8-5-18-6-12-8/h5-6,13H,3-4H2,1-2H3. The molecule has 1 N–H and O–H groups in total. The van der Waals surface area contributed by atoms with Gasteiger partial charge in [-0.25, -0.2) is 18.1 Å². The highest BCUT2D eigenvalue weighted by Gasteiger charge is 2.24. The SMILES string of the molecule is Cc1nn(C)c(Cl)c1S(=O)(=O)NCCc1cscn1. The van der Waals surface area contributed by atoms with E-state index in [1.165, 1.54) is 16.0 Å².